The zero-order valence-corrected chi connectivity index (χ0v) is 11.3. The van der Waals surface area contributed by atoms with Gasteiger partial charge in [0.1, 0.15) is 6.61 Å². The van der Waals surface area contributed by atoms with Crippen LogP contribution in [0.4, 0.5) is 0 Å². The lowest BCUT2D eigenvalue weighted by atomic mass is 10.1. The third-order valence-corrected chi connectivity index (χ3v) is 2.85. The minimum Gasteiger partial charge on any atom is -0.316 e. The van der Waals surface area contributed by atoms with E-state index in [1.807, 2.05) is 30.3 Å². The van der Waals surface area contributed by atoms with Crippen molar-refractivity contribution in [2.45, 2.75) is 38.8 Å². The molecular weight excluding hydrogens is 244 g/mol. The van der Waals surface area contributed by atoms with E-state index in [1.165, 1.54) is 5.06 Å². The second kappa shape index (κ2) is 9.49. The first-order chi connectivity index (χ1) is 9.30. The van der Waals surface area contributed by atoms with Crippen LogP contribution in [-0.2, 0) is 16.2 Å². The second-order valence-electron chi connectivity index (χ2n) is 4.43. The maximum absolute atomic E-state index is 10.9. The third-order valence-electron chi connectivity index (χ3n) is 2.85. The molecule has 0 aliphatic rings. The van der Waals surface area contributed by atoms with Crippen molar-refractivity contribution in [3.63, 3.8) is 0 Å². The molecule has 0 aliphatic carbocycles. The molecule has 0 aromatic heterocycles. The van der Waals surface area contributed by atoms with Crippen LogP contribution < -0.4 is 5.48 Å². The average molecular weight is 266 g/mol. The molecule has 0 fully saturated rings. The zero-order valence-electron chi connectivity index (χ0n) is 11.3. The van der Waals surface area contributed by atoms with Gasteiger partial charge in [-0.3, -0.25) is 9.63 Å². The van der Waals surface area contributed by atoms with E-state index in [4.69, 9.17) is 10.0 Å². The Morgan fingerprint density at radius 1 is 1.42 bits per heavy atom. The molecule has 1 rings (SSSR count). The van der Waals surface area contributed by atoms with Crippen LogP contribution in [0.3, 0.4) is 0 Å². The van der Waals surface area contributed by atoms with Crippen molar-refractivity contribution in [1.29, 1.82) is 0 Å². The van der Waals surface area contributed by atoms with E-state index >= 15 is 0 Å². The van der Waals surface area contributed by atoms with E-state index in [-0.39, 0.29) is 6.04 Å². The monoisotopic (exact) mass is 266 g/mol. The number of nitrogens with zero attached hydrogens (tertiary/aromatic N) is 1. The number of benzene rings is 1. The standard InChI is InChI=1S/C14H22N2O3/c1-2-3-9-14(15-18)10-16(12-17)19-11-13-7-5-4-6-8-13/h4-8,12,14-15,18H,2-3,9-11H2,1H3/t14-/m1/s1. The first-order valence-corrected chi connectivity index (χ1v) is 6.58. The summed E-state index contributed by atoms with van der Waals surface area (Å²) in [6.45, 7) is 2.75. The first kappa shape index (κ1) is 15.6. The summed E-state index contributed by atoms with van der Waals surface area (Å²) in [6, 6.07) is 9.47. The molecule has 0 saturated heterocycles. The maximum Gasteiger partial charge on any atom is 0.233 e. The number of rotatable bonds is 10. The normalized spacial score (nSPS) is 12.1. The molecule has 1 aromatic carbocycles. The van der Waals surface area contributed by atoms with Gasteiger partial charge in [0.05, 0.1) is 12.6 Å². The lowest BCUT2D eigenvalue weighted by Gasteiger charge is -2.22. The molecule has 0 aliphatic heterocycles. The molecule has 5 nitrogen and oxygen atoms in total. The van der Waals surface area contributed by atoms with Crippen molar-refractivity contribution in [2.75, 3.05) is 6.54 Å². The number of carbonyl (C=O) groups excluding carboxylic acids is 1. The average Bonchev–Trinajstić information content (AvgIpc) is 2.47. The quantitative estimate of drug-likeness (QED) is 0.503. The van der Waals surface area contributed by atoms with E-state index in [0.717, 1.165) is 24.8 Å². The highest BCUT2D eigenvalue weighted by molar-refractivity contribution is 5.45. The molecular formula is C14H22N2O3. The van der Waals surface area contributed by atoms with E-state index in [2.05, 4.69) is 12.4 Å². The van der Waals surface area contributed by atoms with E-state index in [1.54, 1.807) is 0 Å². The van der Waals surface area contributed by atoms with Gasteiger partial charge < -0.3 is 5.21 Å². The highest BCUT2D eigenvalue weighted by atomic mass is 16.7. The topological polar surface area (TPSA) is 61.8 Å². The molecule has 2 N–H and O–H groups in total. The van der Waals surface area contributed by atoms with Crippen molar-refractivity contribution < 1.29 is 14.8 Å². The lowest BCUT2D eigenvalue weighted by Crippen LogP contribution is -2.39. The summed E-state index contributed by atoms with van der Waals surface area (Å²) in [5.41, 5.74) is 3.22. The number of hydrogen-bond acceptors (Lipinski definition) is 4. The van der Waals surface area contributed by atoms with Gasteiger partial charge in [0.15, 0.2) is 0 Å². The molecule has 19 heavy (non-hydrogen) atoms. The number of nitrogens with one attached hydrogen (secondary N) is 1. The second-order valence-corrected chi connectivity index (χ2v) is 4.43. The van der Waals surface area contributed by atoms with Gasteiger partial charge in [-0.2, -0.15) is 0 Å². The molecule has 0 radical (unpaired) electrons. The fourth-order valence-corrected chi connectivity index (χ4v) is 1.72. The van der Waals surface area contributed by atoms with Gasteiger partial charge >= 0.3 is 0 Å². The van der Waals surface area contributed by atoms with Crippen LogP contribution in [0.25, 0.3) is 0 Å². The van der Waals surface area contributed by atoms with Gasteiger partial charge in [0.25, 0.3) is 0 Å². The van der Waals surface area contributed by atoms with Crippen molar-refractivity contribution in [1.82, 2.24) is 10.5 Å². The Balaban J connectivity index is 2.37. The highest BCUT2D eigenvalue weighted by Gasteiger charge is 2.12. The minimum atomic E-state index is -0.166. The van der Waals surface area contributed by atoms with Crippen molar-refractivity contribution in [3.8, 4) is 0 Å². The predicted octanol–water partition coefficient (Wildman–Crippen LogP) is 2.11. The molecule has 1 amide bonds. The molecule has 5 heteroatoms. The first-order valence-electron chi connectivity index (χ1n) is 6.58. The third kappa shape index (κ3) is 6.33. The fourth-order valence-electron chi connectivity index (χ4n) is 1.72. The molecule has 0 spiro atoms. The maximum atomic E-state index is 10.9. The summed E-state index contributed by atoms with van der Waals surface area (Å²) in [6.07, 6.45) is 3.47. The fraction of sp³-hybridized carbons (Fsp3) is 0.500. The van der Waals surface area contributed by atoms with Crippen LogP contribution in [-0.4, -0.2) is 29.3 Å². The van der Waals surface area contributed by atoms with E-state index in [9.17, 15) is 4.79 Å². The number of hydroxylamine groups is 3. The summed E-state index contributed by atoms with van der Waals surface area (Å²) in [5, 5.41) is 10.3. The molecule has 0 unspecified atom stereocenters. The van der Waals surface area contributed by atoms with Crippen molar-refractivity contribution in [3.05, 3.63) is 35.9 Å². The number of hydrogen-bond donors (Lipinski definition) is 2. The Morgan fingerprint density at radius 3 is 2.74 bits per heavy atom. The summed E-state index contributed by atoms with van der Waals surface area (Å²) in [4.78, 5) is 16.3. The van der Waals surface area contributed by atoms with Crippen molar-refractivity contribution in [2.24, 2.45) is 0 Å². The van der Waals surface area contributed by atoms with Crippen LogP contribution in [0, 0.1) is 0 Å². The molecule has 1 aromatic rings. The minimum absolute atomic E-state index is 0.166. The Hall–Kier alpha value is -1.43. The SMILES string of the molecule is CCCC[C@H](CN(C=O)OCc1ccccc1)NO. The van der Waals surface area contributed by atoms with Crippen LogP contribution >= 0.6 is 0 Å². The highest BCUT2D eigenvalue weighted by Crippen LogP contribution is 2.05. The zero-order chi connectivity index (χ0) is 13.9. The Bertz CT molecular complexity index is 346. The summed E-state index contributed by atoms with van der Waals surface area (Å²) in [7, 11) is 0. The number of carbonyl (C=O) groups is 1. The lowest BCUT2D eigenvalue weighted by molar-refractivity contribution is -0.181. The van der Waals surface area contributed by atoms with Gasteiger partial charge in [-0.1, -0.05) is 50.1 Å². The molecule has 106 valence electrons. The van der Waals surface area contributed by atoms with Crippen molar-refractivity contribution >= 4 is 6.41 Å². The Kier molecular flexibility index (Phi) is 7.81. The van der Waals surface area contributed by atoms with Crippen LogP contribution in [0.1, 0.15) is 31.7 Å². The summed E-state index contributed by atoms with van der Waals surface area (Å²) in [5.74, 6) is 0. The summed E-state index contributed by atoms with van der Waals surface area (Å²) >= 11 is 0. The van der Waals surface area contributed by atoms with Gasteiger partial charge in [-0.15, -0.1) is 0 Å². The number of amides is 1. The predicted molar refractivity (Wildman–Crippen MR) is 72.2 cm³/mol. The Labute approximate surface area is 114 Å². The van der Waals surface area contributed by atoms with E-state index < -0.39 is 0 Å². The number of unbranched alkanes of at least 4 members (excludes halogenated alkanes) is 1. The van der Waals surface area contributed by atoms with Gasteiger partial charge in [-0.05, 0) is 12.0 Å². The smallest absolute Gasteiger partial charge is 0.233 e. The molecule has 0 heterocycles. The summed E-state index contributed by atoms with van der Waals surface area (Å²) < 4.78 is 0. The van der Waals surface area contributed by atoms with Gasteiger partial charge in [0, 0.05) is 0 Å². The Morgan fingerprint density at radius 2 is 2.16 bits per heavy atom. The van der Waals surface area contributed by atoms with Crippen LogP contribution in [0.5, 0.6) is 0 Å². The molecule has 0 saturated carbocycles. The molecule has 1 atom stereocenters. The van der Waals surface area contributed by atoms with Crippen LogP contribution in [0.2, 0.25) is 0 Å². The largest absolute Gasteiger partial charge is 0.316 e. The van der Waals surface area contributed by atoms with Crippen LogP contribution in [0.15, 0.2) is 30.3 Å². The van der Waals surface area contributed by atoms with Gasteiger partial charge in [-0.25, -0.2) is 10.5 Å². The van der Waals surface area contributed by atoms with Gasteiger partial charge in [0.2, 0.25) is 6.41 Å². The van der Waals surface area contributed by atoms with E-state index in [0.29, 0.717) is 19.6 Å². The molecule has 0 bridgehead atoms.